The fourth-order valence-corrected chi connectivity index (χ4v) is 3.09. The molecule has 1 N–H and O–H groups in total. The van der Waals surface area contributed by atoms with Crippen LogP contribution in [0.25, 0.3) is 5.57 Å². The quantitative estimate of drug-likeness (QED) is 0.832. The molecule has 1 aliphatic carbocycles. The molecule has 1 heteroatoms. The van der Waals surface area contributed by atoms with Crippen molar-refractivity contribution in [3.8, 4) is 0 Å². The third-order valence-corrected chi connectivity index (χ3v) is 4.71. The highest BCUT2D eigenvalue weighted by molar-refractivity contribution is 5.66. The number of fused-ring (bicyclic) bond motifs is 1. The molecule has 2 rings (SSSR count). The van der Waals surface area contributed by atoms with Crippen molar-refractivity contribution < 1.29 is 5.11 Å². The fraction of sp³-hybridized carbons (Fsp3) is 0.556. The molecule has 19 heavy (non-hydrogen) atoms. The zero-order chi connectivity index (χ0) is 14.3. The lowest BCUT2D eigenvalue weighted by Gasteiger charge is -2.42. The molecule has 0 aliphatic heterocycles. The highest BCUT2D eigenvalue weighted by Crippen LogP contribution is 2.46. The maximum Gasteiger partial charge on any atom is 0.0618 e. The van der Waals surface area contributed by atoms with E-state index < -0.39 is 0 Å². The molecule has 0 spiro atoms. The highest BCUT2D eigenvalue weighted by Gasteiger charge is 2.36. The lowest BCUT2D eigenvalue weighted by Crippen LogP contribution is -2.33. The second-order valence-electron chi connectivity index (χ2n) is 7.10. The topological polar surface area (TPSA) is 20.2 Å². The normalized spacial score (nSPS) is 21.1. The third-order valence-electron chi connectivity index (χ3n) is 4.71. The van der Waals surface area contributed by atoms with Crippen molar-refractivity contribution in [2.45, 2.75) is 58.3 Å². The van der Waals surface area contributed by atoms with Crippen LogP contribution in [0.15, 0.2) is 24.3 Å². The lowest BCUT2D eigenvalue weighted by atomic mass is 9.63. The number of aliphatic hydroxyl groups excluding tert-OH is 1. The molecule has 0 heterocycles. The van der Waals surface area contributed by atoms with Crippen LogP contribution in [-0.2, 0) is 10.8 Å². The number of hydrogen-bond donors (Lipinski definition) is 1. The minimum Gasteiger partial charge on any atom is -0.392 e. The van der Waals surface area contributed by atoms with E-state index in [4.69, 9.17) is 5.11 Å². The second kappa shape index (κ2) is 4.79. The van der Waals surface area contributed by atoms with E-state index in [1.807, 2.05) is 6.08 Å². The molecule has 0 saturated carbocycles. The summed E-state index contributed by atoms with van der Waals surface area (Å²) in [4.78, 5) is 0. The van der Waals surface area contributed by atoms with Crippen LogP contribution in [-0.4, -0.2) is 11.7 Å². The zero-order valence-corrected chi connectivity index (χ0v) is 12.9. The average molecular weight is 258 g/mol. The molecule has 0 aromatic heterocycles. The van der Waals surface area contributed by atoms with Gasteiger partial charge in [0.2, 0.25) is 0 Å². The van der Waals surface area contributed by atoms with Crippen molar-refractivity contribution in [1.82, 2.24) is 0 Å². The Bertz CT molecular complexity index is 506. The maximum absolute atomic E-state index is 9.05. The van der Waals surface area contributed by atoms with Crippen LogP contribution in [0.1, 0.15) is 64.2 Å². The van der Waals surface area contributed by atoms with E-state index in [9.17, 15) is 0 Å². The summed E-state index contributed by atoms with van der Waals surface area (Å²) in [5.74, 6) is 0. The van der Waals surface area contributed by atoms with Gasteiger partial charge >= 0.3 is 0 Å². The number of allylic oxidation sites excluding steroid dienone is 1. The molecule has 1 aromatic carbocycles. The van der Waals surface area contributed by atoms with Crippen molar-refractivity contribution >= 4 is 5.57 Å². The summed E-state index contributed by atoms with van der Waals surface area (Å²) >= 11 is 0. The summed E-state index contributed by atoms with van der Waals surface area (Å²) in [6, 6.07) is 6.82. The average Bonchev–Trinajstić information content (AvgIpc) is 2.35. The van der Waals surface area contributed by atoms with Crippen LogP contribution in [0, 0.1) is 0 Å². The fourth-order valence-electron chi connectivity index (χ4n) is 3.09. The van der Waals surface area contributed by atoms with Gasteiger partial charge in [0.1, 0.15) is 0 Å². The summed E-state index contributed by atoms with van der Waals surface area (Å²) in [5, 5.41) is 9.05. The molecule has 0 unspecified atom stereocenters. The van der Waals surface area contributed by atoms with E-state index in [1.165, 1.54) is 29.5 Å². The minimum atomic E-state index is 0.109. The van der Waals surface area contributed by atoms with Crippen LogP contribution in [0.4, 0.5) is 0 Å². The Morgan fingerprint density at radius 1 is 1.11 bits per heavy atom. The van der Waals surface area contributed by atoms with Crippen LogP contribution >= 0.6 is 0 Å². The summed E-state index contributed by atoms with van der Waals surface area (Å²) in [6.45, 7) is 11.6. The Morgan fingerprint density at radius 3 is 2.26 bits per heavy atom. The molecule has 0 atom stereocenters. The van der Waals surface area contributed by atoms with Crippen molar-refractivity contribution in [2.24, 2.45) is 0 Å². The third kappa shape index (κ3) is 2.62. The SMILES string of the molecule is CC(=CCO)c1ccc2c(c1)C(C)(C)CCC2(C)C. The van der Waals surface area contributed by atoms with E-state index in [2.05, 4.69) is 52.8 Å². The molecule has 0 radical (unpaired) electrons. The van der Waals surface area contributed by atoms with Crippen molar-refractivity contribution in [3.63, 3.8) is 0 Å². The van der Waals surface area contributed by atoms with Crippen LogP contribution in [0.2, 0.25) is 0 Å². The first-order valence-corrected chi connectivity index (χ1v) is 7.21. The monoisotopic (exact) mass is 258 g/mol. The van der Waals surface area contributed by atoms with Gasteiger partial charge in [0, 0.05) is 0 Å². The first-order valence-electron chi connectivity index (χ1n) is 7.21. The molecular weight excluding hydrogens is 232 g/mol. The highest BCUT2D eigenvalue weighted by atomic mass is 16.2. The van der Waals surface area contributed by atoms with Gasteiger partial charge in [-0.2, -0.15) is 0 Å². The van der Waals surface area contributed by atoms with Crippen LogP contribution in [0.5, 0.6) is 0 Å². The number of benzene rings is 1. The first kappa shape index (κ1) is 14.3. The van der Waals surface area contributed by atoms with Gasteiger partial charge in [-0.05, 0) is 52.9 Å². The standard InChI is InChI=1S/C18H26O/c1-13(8-11-19)14-6-7-15-16(12-14)18(4,5)10-9-17(15,2)3/h6-8,12,19H,9-11H2,1-5H3. The van der Waals surface area contributed by atoms with Crippen molar-refractivity contribution in [3.05, 3.63) is 41.0 Å². The van der Waals surface area contributed by atoms with Gasteiger partial charge in [0.25, 0.3) is 0 Å². The molecule has 0 saturated heterocycles. The van der Waals surface area contributed by atoms with Gasteiger partial charge in [0.15, 0.2) is 0 Å². The largest absolute Gasteiger partial charge is 0.392 e. The van der Waals surface area contributed by atoms with Crippen LogP contribution < -0.4 is 0 Å². The van der Waals surface area contributed by atoms with Gasteiger partial charge in [-0.1, -0.05) is 52.0 Å². The Balaban J connectivity index is 2.57. The van der Waals surface area contributed by atoms with Gasteiger partial charge < -0.3 is 5.11 Å². The van der Waals surface area contributed by atoms with E-state index >= 15 is 0 Å². The maximum atomic E-state index is 9.05. The predicted octanol–water partition coefficient (Wildman–Crippen LogP) is 4.43. The smallest absolute Gasteiger partial charge is 0.0618 e. The number of rotatable bonds is 2. The van der Waals surface area contributed by atoms with Crippen LogP contribution in [0.3, 0.4) is 0 Å². The van der Waals surface area contributed by atoms with E-state index in [1.54, 1.807) is 0 Å². The summed E-state index contributed by atoms with van der Waals surface area (Å²) in [6.07, 6.45) is 4.36. The van der Waals surface area contributed by atoms with Crippen molar-refractivity contribution in [2.75, 3.05) is 6.61 Å². The van der Waals surface area contributed by atoms with Crippen molar-refractivity contribution in [1.29, 1.82) is 0 Å². The van der Waals surface area contributed by atoms with Gasteiger partial charge in [-0.15, -0.1) is 0 Å². The minimum absolute atomic E-state index is 0.109. The van der Waals surface area contributed by atoms with Gasteiger partial charge in [0.05, 0.1) is 6.61 Å². The molecule has 104 valence electrons. The van der Waals surface area contributed by atoms with E-state index in [0.717, 1.165) is 5.57 Å². The molecule has 1 nitrogen and oxygen atoms in total. The second-order valence-corrected chi connectivity index (χ2v) is 7.10. The Morgan fingerprint density at radius 2 is 1.68 bits per heavy atom. The van der Waals surface area contributed by atoms with E-state index in [-0.39, 0.29) is 17.4 Å². The summed E-state index contributed by atoms with van der Waals surface area (Å²) in [7, 11) is 0. The molecule has 1 aliphatic rings. The zero-order valence-electron chi connectivity index (χ0n) is 12.9. The Kier molecular flexibility index (Phi) is 3.61. The molecule has 0 bridgehead atoms. The molecule has 0 amide bonds. The lowest BCUT2D eigenvalue weighted by molar-refractivity contribution is 0.332. The molecular formula is C18H26O. The summed E-state index contributed by atoms with van der Waals surface area (Å²) in [5.41, 5.74) is 5.89. The summed E-state index contributed by atoms with van der Waals surface area (Å²) < 4.78 is 0. The molecule has 1 aromatic rings. The Labute approximate surface area is 117 Å². The molecule has 0 fully saturated rings. The van der Waals surface area contributed by atoms with Gasteiger partial charge in [-0.25, -0.2) is 0 Å². The van der Waals surface area contributed by atoms with Gasteiger partial charge in [-0.3, -0.25) is 0 Å². The van der Waals surface area contributed by atoms with E-state index in [0.29, 0.717) is 0 Å². The number of hydrogen-bond acceptors (Lipinski definition) is 1. The Hall–Kier alpha value is -1.08. The first-order chi connectivity index (χ1) is 8.78. The predicted molar refractivity (Wildman–Crippen MR) is 82.5 cm³/mol. The number of aliphatic hydroxyl groups is 1.